The smallest absolute Gasteiger partial charge is 0.365 e. The molecule has 0 saturated carbocycles. The van der Waals surface area contributed by atoms with E-state index in [9.17, 15) is 18.0 Å². The van der Waals surface area contributed by atoms with E-state index in [0.29, 0.717) is 0 Å². The van der Waals surface area contributed by atoms with E-state index in [0.717, 1.165) is 0 Å². The van der Waals surface area contributed by atoms with Gasteiger partial charge in [0.2, 0.25) is 0 Å². The lowest BCUT2D eigenvalue weighted by molar-refractivity contribution is -0.0327. The third-order valence-electron chi connectivity index (χ3n) is 1.68. The van der Waals surface area contributed by atoms with E-state index in [1.807, 2.05) is 0 Å². The van der Waals surface area contributed by atoms with Crippen molar-refractivity contribution in [2.45, 2.75) is 5.51 Å². The molecule has 0 fully saturated rings. The van der Waals surface area contributed by atoms with Crippen LogP contribution in [0.25, 0.3) is 0 Å². The molecule has 0 amide bonds. The van der Waals surface area contributed by atoms with Crippen LogP contribution in [-0.2, 0) is 7.05 Å². The fraction of sp³-hybridized carbons (Fsp3) is 0.500. The van der Waals surface area contributed by atoms with Crippen LogP contribution in [0.2, 0.25) is 0 Å². The molecule has 0 unspecified atom stereocenters. The zero-order valence-corrected chi connectivity index (χ0v) is 9.23. The molecule has 1 N–H and O–H groups in total. The first-order valence-corrected chi connectivity index (χ1v) is 5.35. The Bertz CT molecular complexity index is 404. The maximum atomic E-state index is 11.8. The van der Waals surface area contributed by atoms with E-state index in [1.54, 1.807) is 7.05 Å². The van der Waals surface area contributed by atoms with Crippen molar-refractivity contribution in [1.29, 1.82) is 0 Å². The fourth-order valence-corrected chi connectivity index (χ4v) is 1.39. The van der Waals surface area contributed by atoms with Crippen LogP contribution >= 0.6 is 11.8 Å². The number of hydrogen-bond donors (Lipinski definition) is 1. The molecule has 0 atom stereocenters. The molecule has 0 spiro atoms. The van der Waals surface area contributed by atoms with Gasteiger partial charge in [-0.05, 0) is 11.8 Å². The predicted octanol–water partition coefficient (Wildman–Crippen LogP) is 1.45. The van der Waals surface area contributed by atoms with Gasteiger partial charge in [-0.1, -0.05) is 0 Å². The summed E-state index contributed by atoms with van der Waals surface area (Å²) >= 11 is -0.136. The standard InChI is InChI=1S/C8H10F3N3OS/c1-14-4-2-12-6(7(14)15)13-3-5-16-8(9,10)11/h2,4H,3,5H2,1H3,(H,12,13). The van der Waals surface area contributed by atoms with Crippen LogP contribution in [0.5, 0.6) is 0 Å². The monoisotopic (exact) mass is 253 g/mol. The molecule has 8 heteroatoms. The number of aromatic nitrogens is 2. The van der Waals surface area contributed by atoms with Crippen LogP contribution < -0.4 is 10.9 Å². The number of thioether (sulfide) groups is 1. The summed E-state index contributed by atoms with van der Waals surface area (Å²) in [7, 11) is 1.54. The van der Waals surface area contributed by atoms with Gasteiger partial charge in [-0.3, -0.25) is 4.79 Å². The quantitative estimate of drug-likeness (QED) is 0.825. The molecule has 0 aliphatic rings. The number of anilines is 1. The Morgan fingerprint density at radius 2 is 2.25 bits per heavy atom. The van der Waals surface area contributed by atoms with E-state index < -0.39 is 5.51 Å². The van der Waals surface area contributed by atoms with Crippen LogP contribution in [0.1, 0.15) is 0 Å². The van der Waals surface area contributed by atoms with Gasteiger partial charge >= 0.3 is 5.51 Å². The Hall–Kier alpha value is -1.18. The zero-order valence-electron chi connectivity index (χ0n) is 8.41. The lowest BCUT2D eigenvalue weighted by Crippen LogP contribution is -2.23. The van der Waals surface area contributed by atoms with Gasteiger partial charge in [0, 0.05) is 31.7 Å². The molecule has 1 aromatic heterocycles. The van der Waals surface area contributed by atoms with E-state index >= 15 is 0 Å². The van der Waals surface area contributed by atoms with Gasteiger partial charge in [-0.2, -0.15) is 13.2 Å². The maximum Gasteiger partial charge on any atom is 0.441 e. The van der Waals surface area contributed by atoms with Gasteiger partial charge < -0.3 is 9.88 Å². The minimum atomic E-state index is -4.24. The SMILES string of the molecule is Cn1ccnc(NCCSC(F)(F)F)c1=O. The van der Waals surface area contributed by atoms with Crippen molar-refractivity contribution in [2.24, 2.45) is 7.05 Å². The second-order valence-electron chi connectivity index (χ2n) is 2.91. The van der Waals surface area contributed by atoms with Gasteiger partial charge in [-0.25, -0.2) is 4.98 Å². The highest BCUT2D eigenvalue weighted by atomic mass is 32.2. The van der Waals surface area contributed by atoms with Crippen molar-refractivity contribution < 1.29 is 13.2 Å². The third-order valence-corrected chi connectivity index (χ3v) is 2.41. The minimum absolute atomic E-state index is 0.0381. The molecule has 1 rings (SSSR count). The summed E-state index contributed by atoms with van der Waals surface area (Å²) in [6, 6.07) is 0. The summed E-state index contributed by atoms with van der Waals surface area (Å²) in [5.41, 5.74) is -4.60. The van der Waals surface area contributed by atoms with Gasteiger partial charge in [0.25, 0.3) is 5.56 Å². The van der Waals surface area contributed by atoms with Crippen LogP contribution in [0.15, 0.2) is 17.2 Å². The number of nitrogens with zero attached hydrogens (tertiary/aromatic N) is 2. The second-order valence-corrected chi connectivity index (χ2v) is 4.07. The molecule has 4 nitrogen and oxygen atoms in total. The second kappa shape index (κ2) is 5.24. The first-order chi connectivity index (χ1) is 7.40. The number of rotatable bonds is 4. The number of alkyl halides is 3. The molecule has 90 valence electrons. The Labute approximate surface area is 93.9 Å². The molecule has 0 aliphatic carbocycles. The Morgan fingerprint density at radius 3 is 2.88 bits per heavy atom. The first kappa shape index (κ1) is 12.9. The van der Waals surface area contributed by atoms with Crippen LogP contribution in [0.3, 0.4) is 0 Å². The van der Waals surface area contributed by atoms with Crippen molar-refractivity contribution in [1.82, 2.24) is 9.55 Å². The minimum Gasteiger partial charge on any atom is -0.365 e. The summed E-state index contributed by atoms with van der Waals surface area (Å²) < 4.78 is 36.6. The molecular weight excluding hydrogens is 243 g/mol. The highest BCUT2D eigenvalue weighted by Crippen LogP contribution is 2.29. The Balaban J connectivity index is 2.44. The van der Waals surface area contributed by atoms with E-state index in [4.69, 9.17) is 0 Å². The normalized spacial score (nSPS) is 11.5. The highest BCUT2D eigenvalue weighted by molar-refractivity contribution is 8.00. The summed E-state index contributed by atoms with van der Waals surface area (Å²) in [6.07, 6.45) is 2.87. The summed E-state index contributed by atoms with van der Waals surface area (Å²) in [4.78, 5) is 15.1. The van der Waals surface area contributed by atoms with E-state index in [2.05, 4.69) is 10.3 Å². The molecular formula is C8H10F3N3OS. The predicted molar refractivity (Wildman–Crippen MR) is 56.5 cm³/mol. The van der Waals surface area contributed by atoms with E-state index in [-0.39, 0.29) is 35.4 Å². The zero-order chi connectivity index (χ0) is 12.2. The van der Waals surface area contributed by atoms with Crippen molar-refractivity contribution in [3.05, 3.63) is 22.7 Å². The van der Waals surface area contributed by atoms with Crippen molar-refractivity contribution in [3.8, 4) is 0 Å². The number of halogens is 3. The molecule has 1 heterocycles. The summed E-state index contributed by atoms with van der Waals surface area (Å²) in [5, 5.41) is 2.56. The van der Waals surface area contributed by atoms with Crippen molar-refractivity contribution in [2.75, 3.05) is 17.6 Å². The molecule has 16 heavy (non-hydrogen) atoms. The molecule has 1 aromatic rings. The lowest BCUT2D eigenvalue weighted by Gasteiger charge is -2.07. The van der Waals surface area contributed by atoms with Crippen LogP contribution in [-0.4, -0.2) is 27.4 Å². The van der Waals surface area contributed by atoms with Gasteiger partial charge in [-0.15, -0.1) is 0 Å². The average Bonchev–Trinajstić information content (AvgIpc) is 2.17. The molecule has 0 aromatic carbocycles. The van der Waals surface area contributed by atoms with Crippen LogP contribution in [0, 0.1) is 0 Å². The first-order valence-electron chi connectivity index (χ1n) is 4.36. The topological polar surface area (TPSA) is 46.9 Å². The summed E-state index contributed by atoms with van der Waals surface area (Å²) in [5.74, 6) is -0.101. The van der Waals surface area contributed by atoms with Crippen molar-refractivity contribution in [3.63, 3.8) is 0 Å². The summed E-state index contributed by atoms with van der Waals surface area (Å²) in [6.45, 7) is 0.0381. The van der Waals surface area contributed by atoms with Gasteiger partial charge in [0.05, 0.1) is 0 Å². The molecule has 0 radical (unpaired) electrons. The number of aryl methyl sites for hydroxylation is 1. The lowest BCUT2D eigenvalue weighted by atomic mass is 10.6. The van der Waals surface area contributed by atoms with Crippen molar-refractivity contribution >= 4 is 17.6 Å². The maximum absolute atomic E-state index is 11.8. The van der Waals surface area contributed by atoms with Crippen LogP contribution in [0.4, 0.5) is 19.0 Å². The van der Waals surface area contributed by atoms with Gasteiger partial charge in [0.1, 0.15) is 0 Å². The molecule has 0 bridgehead atoms. The van der Waals surface area contributed by atoms with Gasteiger partial charge in [0.15, 0.2) is 5.82 Å². The Kier molecular flexibility index (Phi) is 4.22. The average molecular weight is 253 g/mol. The number of hydrogen-bond acceptors (Lipinski definition) is 4. The third kappa shape index (κ3) is 4.13. The molecule has 0 aliphatic heterocycles. The van der Waals surface area contributed by atoms with E-state index in [1.165, 1.54) is 17.0 Å². The largest absolute Gasteiger partial charge is 0.441 e. The Morgan fingerprint density at radius 1 is 1.56 bits per heavy atom. The molecule has 0 saturated heterocycles. The fourth-order valence-electron chi connectivity index (χ4n) is 0.955. The number of nitrogens with one attached hydrogen (secondary N) is 1. The highest BCUT2D eigenvalue weighted by Gasteiger charge is 2.27.